The van der Waals surface area contributed by atoms with E-state index in [1.54, 1.807) is 10.9 Å². The standard InChI is InChI=1S/C23H26N6O/c1-16(2)29-15-24-20-14-17(8-9-18(20)22(29)30)27-10-12-28(13-11-27)23-25-19-6-4-5-7-21(19)26(23)3/h4-9,14-16H,10-13H2,1-3H3. The summed E-state index contributed by atoms with van der Waals surface area (Å²) in [5.74, 6) is 1.02. The molecule has 0 atom stereocenters. The average molecular weight is 403 g/mol. The van der Waals surface area contributed by atoms with E-state index in [9.17, 15) is 4.79 Å². The summed E-state index contributed by atoms with van der Waals surface area (Å²) in [6.07, 6.45) is 1.66. The number of hydrogen-bond donors (Lipinski definition) is 0. The van der Waals surface area contributed by atoms with Gasteiger partial charge in [-0.05, 0) is 44.2 Å². The van der Waals surface area contributed by atoms with Crippen molar-refractivity contribution in [3.63, 3.8) is 0 Å². The lowest BCUT2D eigenvalue weighted by molar-refractivity contribution is 0.573. The number of fused-ring (bicyclic) bond motifs is 2. The number of rotatable bonds is 3. The summed E-state index contributed by atoms with van der Waals surface area (Å²) in [7, 11) is 2.08. The van der Waals surface area contributed by atoms with Gasteiger partial charge >= 0.3 is 0 Å². The molecule has 7 heteroatoms. The van der Waals surface area contributed by atoms with Crippen LogP contribution in [0.25, 0.3) is 21.9 Å². The molecule has 5 rings (SSSR count). The quantitative estimate of drug-likeness (QED) is 0.527. The van der Waals surface area contributed by atoms with E-state index in [0.29, 0.717) is 5.39 Å². The highest BCUT2D eigenvalue weighted by Gasteiger charge is 2.22. The third kappa shape index (κ3) is 3.01. The van der Waals surface area contributed by atoms with E-state index < -0.39 is 0 Å². The number of anilines is 2. The zero-order chi connectivity index (χ0) is 20.8. The zero-order valence-electron chi connectivity index (χ0n) is 17.6. The minimum absolute atomic E-state index is 0.0215. The molecule has 0 bridgehead atoms. The molecule has 1 fully saturated rings. The number of benzene rings is 2. The Kier molecular flexibility index (Phi) is 4.46. The van der Waals surface area contributed by atoms with E-state index in [1.165, 1.54) is 0 Å². The summed E-state index contributed by atoms with van der Waals surface area (Å²) in [6.45, 7) is 7.59. The van der Waals surface area contributed by atoms with Crippen LogP contribution in [0.3, 0.4) is 0 Å². The normalized spacial score (nSPS) is 14.9. The summed E-state index contributed by atoms with van der Waals surface area (Å²) < 4.78 is 3.85. The summed E-state index contributed by atoms with van der Waals surface area (Å²) in [6, 6.07) is 14.3. The second-order valence-electron chi connectivity index (χ2n) is 8.19. The van der Waals surface area contributed by atoms with Gasteiger partial charge in [0.25, 0.3) is 5.56 Å². The topological polar surface area (TPSA) is 59.2 Å². The molecule has 0 amide bonds. The molecule has 30 heavy (non-hydrogen) atoms. The molecule has 7 nitrogen and oxygen atoms in total. The number of piperazine rings is 1. The minimum Gasteiger partial charge on any atom is -0.368 e. The molecule has 1 saturated heterocycles. The lowest BCUT2D eigenvalue weighted by Gasteiger charge is -2.36. The third-order valence-corrected chi connectivity index (χ3v) is 6.01. The monoisotopic (exact) mass is 402 g/mol. The van der Waals surface area contributed by atoms with Gasteiger partial charge in [0.05, 0.1) is 28.3 Å². The first-order chi connectivity index (χ1) is 14.5. The van der Waals surface area contributed by atoms with Gasteiger partial charge in [-0.2, -0.15) is 0 Å². The molecular weight excluding hydrogens is 376 g/mol. The molecule has 0 saturated carbocycles. The molecule has 3 heterocycles. The van der Waals surface area contributed by atoms with Gasteiger partial charge in [0.1, 0.15) is 0 Å². The van der Waals surface area contributed by atoms with E-state index in [-0.39, 0.29) is 11.6 Å². The van der Waals surface area contributed by atoms with E-state index in [2.05, 4.69) is 44.6 Å². The Hall–Kier alpha value is -3.35. The minimum atomic E-state index is 0.0215. The number of para-hydroxylation sites is 2. The highest BCUT2D eigenvalue weighted by atomic mass is 16.1. The van der Waals surface area contributed by atoms with Gasteiger partial charge in [0.15, 0.2) is 0 Å². The highest BCUT2D eigenvalue weighted by molar-refractivity contribution is 5.82. The molecule has 0 aliphatic carbocycles. The van der Waals surface area contributed by atoms with E-state index in [1.807, 2.05) is 38.1 Å². The molecule has 0 unspecified atom stereocenters. The van der Waals surface area contributed by atoms with Crippen molar-refractivity contribution in [2.75, 3.05) is 36.0 Å². The Morgan fingerprint density at radius 3 is 2.40 bits per heavy atom. The maximum absolute atomic E-state index is 12.7. The summed E-state index contributed by atoms with van der Waals surface area (Å²) >= 11 is 0. The second-order valence-corrected chi connectivity index (χ2v) is 8.19. The highest BCUT2D eigenvalue weighted by Crippen LogP contribution is 2.25. The molecule has 0 spiro atoms. The fourth-order valence-electron chi connectivity index (χ4n) is 4.27. The molecular formula is C23H26N6O. The fourth-order valence-corrected chi connectivity index (χ4v) is 4.27. The van der Waals surface area contributed by atoms with Gasteiger partial charge in [-0.3, -0.25) is 9.36 Å². The van der Waals surface area contributed by atoms with Gasteiger partial charge in [-0.15, -0.1) is 0 Å². The van der Waals surface area contributed by atoms with E-state index >= 15 is 0 Å². The van der Waals surface area contributed by atoms with Crippen molar-refractivity contribution < 1.29 is 0 Å². The third-order valence-electron chi connectivity index (χ3n) is 6.01. The Balaban J connectivity index is 1.37. The van der Waals surface area contributed by atoms with Crippen molar-refractivity contribution in [2.45, 2.75) is 19.9 Å². The van der Waals surface area contributed by atoms with Crippen LogP contribution in [0.1, 0.15) is 19.9 Å². The van der Waals surface area contributed by atoms with E-state index in [4.69, 9.17) is 4.98 Å². The molecule has 1 aliphatic heterocycles. The summed E-state index contributed by atoms with van der Waals surface area (Å²) in [4.78, 5) is 26.7. The van der Waals surface area contributed by atoms with Crippen LogP contribution >= 0.6 is 0 Å². The van der Waals surface area contributed by atoms with Crippen LogP contribution in [0, 0.1) is 0 Å². The van der Waals surface area contributed by atoms with Crippen molar-refractivity contribution in [1.29, 1.82) is 0 Å². The van der Waals surface area contributed by atoms with Crippen molar-refractivity contribution >= 4 is 33.6 Å². The van der Waals surface area contributed by atoms with Crippen LogP contribution in [0.15, 0.2) is 53.6 Å². The molecule has 0 radical (unpaired) electrons. The van der Waals surface area contributed by atoms with Crippen LogP contribution in [0.4, 0.5) is 11.6 Å². The molecule has 1 aliphatic rings. The Bertz CT molecular complexity index is 1280. The van der Waals surface area contributed by atoms with E-state index in [0.717, 1.165) is 54.4 Å². The predicted molar refractivity (Wildman–Crippen MR) is 122 cm³/mol. The van der Waals surface area contributed by atoms with Crippen LogP contribution < -0.4 is 15.4 Å². The van der Waals surface area contributed by atoms with Crippen molar-refractivity contribution in [1.82, 2.24) is 19.1 Å². The molecule has 4 aromatic rings. The largest absolute Gasteiger partial charge is 0.368 e. The SMILES string of the molecule is CC(C)n1cnc2cc(N3CCN(c4nc5ccccc5n4C)CC3)ccc2c1=O. The van der Waals surface area contributed by atoms with Crippen molar-refractivity contribution in [3.8, 4) is 0 Å². The van der Waals surface area contributed by atoms with Gasteiger partial charge in [-0.25, -0.2) is 9.97 Å². The number of nitrogens with zero attached hydrogens (tertiary/aromatic N) is 6. The average Bonchev–Trinajstić information content (AvgIpc) is 3.10. The van der Waals surface area contributed by atoms with Crippen LogP contribution in [-0.4, -0.2) is 45.3 Å². The van der Waals surface area contributed by atoms with Gasteiger partial charge in [0, 0.05) is 45.0 Å². The lowest BCUT2D eigenvalue weighted by Crippen LogP contribution is -2.47. The lowest BCUT2D eigenvalue weighted by atomic mass is 10.2. The number of aryl methyl sites for hydroxylation is 1. The first-order valence-electron chi connectivity index (χ1n) is 10.4. The Labute approximate surface area is 175 Å². The maximum Gasteiger partial charge on any atom is 0.261 e. The first-order valence-corrected chi connectivity index (χ1v) is 10.4. The first kappa shape index (κ1) is 18.7. The van der Waals surface area contributed by atoms with Gasteiger partial charge in [-0.1, -0.05) is 12.1 Å². The Morgan fingerprint density at radius 1 is 0.933 bits per heavy atom. The van der Waals surface area contributed by atoms with Crippen molar-refractivity contribution in [2.24, 2.45) is 7.05 Å². The summed E-state index contributed by atoms with van der Waals surface area (Å²) in [5, 5.41) is 0.674. The molecule has 2 aromatic heterocycles. The second kappa shape index (κ2) is 7.16. The van der Waals surface area contributed by atoms with Gasteiger partial charge < -0.3 is 14.4 Å². The maximum atomic E-state index is 12.7. The smallest absolute Gasteiger partial charge is 0.261 e. The molecule has 154 valence electrons. The number of hydrogen-bond acceptors (Lipinski definition) is 5. The molecule has 2 aromatic carbocycles. The van der Waals surface area contributed by atoms with Crippen LogP contribution in [0.2, 0.25) is 0 Å². The molecule has 0 N–H and O–H groups in total. The van der Waals surface area contributed by atoms with Crippen LogP contribution in [0.5, 0.6) is 0 Å². The van der Waals surface area contributed by atoms with Gasteiger partial charge in [0.2, 0.25) is 5.95 Å². The predicted octanol–water partition coefficient (Wildman–Crippen LogP) is 3.19. The number of imidazole rings is 1. The van der Waals surface area contributed by atoms with Crippen LogP contribution in [-0.2, 0) is 7.05 Å². The zero-order valence-corrected chi connectivity index (χ0v) is 17.6. The number of aromatic nitrogens is 4. The Morgan fingerprint density at radius 2 is 1.67 bits per heavy atom. The summed E-state index contributed by atoms with van der Waals surface area (Å²) in [5.41, 5.74) is 4.08. The fraction of sp³-hybridized carbons (Fsp3) is 0.348. The van der Waals surface area contributed by atoms with Crippen molar-refractivity contribution in [3.05, 3.63) is 59.1 Å².